The number of rotatable bonds is 10. The van der Waals surface area contributed by atoms with Crippen LogP contribution in [-0.4, -0.2) is 42.8 Å². The summed E-state index contributed by atoms with van der Waals surface area (Å²) in [6.45, 7) is 7.19. The maximum atomic E-state index is 15.0. The predicted octanol–water partition coefficient (Wildman–Crippen LogP) is 5.86. The Hall–Kier alpha value is -3.41. The summed E-state index contributed by atoms with van der Waals surface area (Å²) in [5.41, 5.74) is 3.54. The number of hydrogen-bond acceptors (Lipinski definition) is 7. The second kappa shape index (κ2) is 11.0. The van der Waals surface area contributed by atoms with Crippen LogP contribution in [0, 0.1) is 5.82 Å². The summed E-state index contributed by atoms with van der Waals surface area (Å²) in [5, 5.41) is 7.54. The minimum Gasteiger partial charge on any atom is -0.359 e. The van der Waals surface area contributed by atoms with E-state index in [1.54, 1.807) is 36.7 Å². The Kier molecular flexibility index (Phi) is 7.65. The first kappa shape index (κ1) is 27.2. The highest BCUT2D eigenvalue weighted by Crippen LogP contribution is 2.40. The third-order valence-corrected chi connectivity index (χ3v) is 10.1. The summed E-state index contributed by atoms with van der Waals surface area (Å²) in [4.78, 5) is 8.75. The number of nitrogens with one attached hydrogen (secondary N) is 1. The van der Waals surface area contributed by atoms with Crippen molar-refractivity contribution < 1.29 is 17.5 Å². The lowest BCUT2D eigenvalue weighted by atomic mass is 9.97. The molecule has 0 aliphatic heterocycles. The van der Waals surface area contributed by atoms with E-state index < -0.39 is 17.9 Å². The van der Waals surface area contributed by atoms with Crippen LogP contribution in [0.4, 0.5) is 16.0 Å². The standard InChI is InChI=1S/C28H32FN5O3SSi/c1-39(2,3)16-15-37-19-34-28(38(35,36)21-10-5-4-6-11-21)32-27(33-34)31-26-23-13-7-12-22(23)25(29)17-24(26)20-9-8-14-30-18-20/h4-6,8-11,14,17-18H,7,12-13,15-16,19H2,1-3H3,(H,31,33). The highest BCUT2D eigenvalue weighted by Gasteiger charge is 2.28. The normalized spacial score (nSPS) is 13.4. The van der Waals surface area contributed by atoms with Crippen molar-refractivity contribution in [1.82, 2.24) is 19.7 Å². The molecule has 1 aliphatic rings. The predicted molar refractivity (Wildman–Crippen MR) is 151 cm³/mol. The fraction of sp³-hybridized carbons (Fsp3) is 0.321. The molecule has 204 valence electrons. The van der Waals surface area contributed by atoms with Crippen LogP contribution in [0.3, 0.4) is 0 Å². The number of ether oxygens (including phenoxy) is 1. The van der Waals surface area contributed by atoms with Gasteiger partial charge in [0.1, 0.15) is 12.5 Å². The van der Waals surface area contributed by atoms with Gasteiger partial charge < -0.3 is 10.1 Å². The van der Waals surface area contributed by atoms with Gasteiger partial charge in [-0.05, 0) is 60.7 Å². The fourth-order valence-electron chi connectivity index (χ4n) is 4.63. The molecule has 2 aromatic carbocycles. The van der Waals surface area contributed by atoms with Gasteiger partial charge in [0.25, 0.3) is 5.16 Å². The molecule has 0 unspecified atom stereocenters. The molecule has 2 heterocycles. The van der Waals surface area contributed by atoms with E-state index in [1.807, 2.05) is 6.07 Å². The number of pyridine rings is 1. The quantitative estimate of drug-likeness (QED) is 0.190. The van der Waals surface area contributed by atoms with E-state index in [4.69, 9.17) is 4.74 Å². The third-order valence-electron chi connectivity index (χ3n) is 6.70. The number of hydrogen-bond donors (Lipinski definition) is 1. The maximum absolute atomic E-state index is 15.0. The van der Waals surface area contributed by atoms with E-state index in [0.29, 0.717) is 36.3 Å². The molecule has 0 bridgehead atoms. The van der Waals surface area contributed by atoms with Crippen molar-refractivity contribution in [2.24, 2.45) is 0 Å². The molecule has 0 spiro atoms. The molecule has 0 amide bonds. The Morgan fingerprint density at radius 1 is 1.08 bits per heavy atom. The first-order chi connectivity index (χ1) is 18.6. The zero-order chi connectivity index (χ0) is 27.6. The van der Waals surface area contributed by atoms with Crippen molar-refractivity contribution in [2.45, 2.75) is 61.7 Å². The van der Waals surface area contributed by atoms with Crippen LogP contribution in [0.2, 0.25) is 25.7 Å². The van der Waals surface area contributed by atoms with Crippen molar-refractivity contribution in [3.05, 3.63) is 77.9 Å². The van der Waals surface area contributed by atoms with Crippen LogP contribution >= 0.6 is 0 Å². The molecule has 8 nitrogen and oxygen atoms in total. The summed E-state index contributed by atoms with van der Waals surface area (Å²) in [6, 6.07) is 14.2. The highest BCUT2D eigenvalue weighted by atomic mass is 32.2. The Labute approximate surface area is 229 Å². The average Bonchev–Trinajstić information content (AvgIpc) is 3.57. The molecule has 4 aromatic rings. The van der Waals surface area contributed by atoms with E-state index in [2.05, 4.69) is 40.0 Å². The minimum atomic E-state index is -3.98. The summed E-state index contributed by atoms with van der Waals surface area (Å²) in [6.07, 6.45) is 5.50. The number of benzene rings is 2. The molecule has 0 saturated heterocycles. The van der Waals surface area contributed by atoms with E-state index in [9.17, 15) is 8.42 Å². The molecule has 0 atom stereocenters. The highest BCUT2D eigenvalue weighted by molar-refractivity contribution is 7.91. The molecule has 11 heteroatoms. The molecule has 1 N–H and O–H groups in total. The number of aromatic nitrogens is 4. The lowest BCUT2D eigenvalue weighted by Crippen LogP contribution is -2.22. The van der Waals surface area contributed by atoms with Gasteiger partial charge in [-0.2, -0.15) is 4.98 Å². The van der Waals surface area contributed by atoms with Crippen molar-refractivity contribution >= 4 is 29.5 Å². The summed E-state index contributed by atoms with van der Waals surface area (Å²) < 4.78 is 49.3. The lowest BCUT2D eigenvalue weighted by molar-refractivity contribution is 0.0715. The summed E-state index contributed by atoms with van der Waals surface area (Å²) in [7, 11) is -5.31. The zero-order valence-electron chi connectivity index (χ0n) is 22.3. The van der Waals surface area contributed by atoms with Gasteiger partial charge in [-0.1, -0.05) is 43.9 Å². The topological polar surface area (TPSA) is 99.0 Å². The van der Waals surface area contributed by atoms with Gasteiger partial charge in [0, 0.05) is 38.2 Å². The van der Waals surface area contributed by atoms with Gasteiger partial charge >= 0.3 is 0 Å². The Morgan fingerprint density at radius 2 is 1.85 bits per heavy atom. The van der Waals surface area contributed by atoms with Crippen LogP contribution in [0.15, 0.2) is 71.0 Å². The second-order valence-electron chi connectivity index (χ2n) is 10.8. The van der Waals surface area contributed by atoms with Gasteiger partial charge in [0.2, 0.25) is 15.8 Å². The van der Waals surface area contributed by atoms with Crippen LogP contribution in [0.25, 0.3) is 11.1 Å². The van der Waals surface area contributed by atoms with E-state index >= 15 is 4.39 Å². The number of halogens is 1. The zero-order valence-corrected chi connectivity index (χ0v) is 24.1. The second-order valence-corrected chi connectivity index (χ2v) is 18.3. The van der Waals surface area contributed by atoms with Crippen LogP contribution in [-0.2, 0) is 34.1 Å². The molecule has 1 aliphatic carbocycles. The molecular formula is C28H32FN5O3SSi. The van der Waals surface area contributed by atoms with E-state index in [-0.39, 0.29) is 28.5 Å². The summed E-state index contributed by atoms with van der Waals surface area (Å²) >= 11 is 0. The summed E-state index contributed by atoms with van der Waals surface area (Å²) in [5.74, 6) is -0.155. The number of fused-ring (bicyclic) bond motifs is 1. The Bertz CT molecular complexity index is 1570. The van der Waals surface area contributed by atoms with Crippen LogP contribution < -0.4 is 5.32 Å². The van der Waals surface area contributed by atoms with Gasteiger partial charge in [-0.15, -0.1) is 5.10 Å². The van der Waals surface area contributed by atoms with Gasteiger partial charge in [0.05, 0.1) is 10.6 Å². The van der Waals surface area contributed by atoms with E-state index in [0.717, 1.165) is 23.6 Å². The minimum absolute atomic E-state index is 0.0580. The van der Waals surface area contributed by atoms with E-state index in [1.165, 1.54) is 22.9 Å². The van der Waals surface area contributed by atoms with Crippen molar-refractivity contribution in [3.63, 3.8) is 0 Å². The fourth-order valence-corrected chi connectivity index (χ4v) is 6.69. The van der Waals surface area contributed by atoms with Gasteiger partial charge in [-0.25, -0.2) is 17.5 Å². The van der Waals surface area contributed by atoms with Crippen LogP contribution in [0.1, 0.15) is 17.5 Å². The SMILES string of the molecule is C[Si](C)(C)CCOCn1nc(Nc2c(-c3cccnc3)cc(F)c3c2CCC3)nc1S(=O)(=O)c1ccccc1. The van der Waals surface area contributed by atoms with Crippen LogP contribution in [0.5, 0.6) is 0 Å². The number of sulfone groups is 1. The number of nitrogens with zero attached hydrogens (tertiary/aromatic N) is 4. The monoisotopic (exact) mass is 565 g/mol. The molecule has 2 aromatic heterocycles. The Morgan fingerprint density at radius 3 is 2.56 bits per heavy atom. The maximum Gasteiger partial charge on any atom is 0.254 e. The molecule has 0 fully saturated rings. The van der Waals surface area contributed by atoms with Crippen molar-refractivity contribution in [1.29, 1.82) is 0 Å². The molecule has 0 radical (unpaired) electrons. The largest absolute Gasteiger partial charge is 0.359 e. The molecule has 5 rings (SSSR count). The molecule has 39 heavy (non-hydrogen) atoms. The van der Waals surface area contributed by atoms with Crippen molar-refractivity contribution in [2.75, 3.05) is 11.9 Å². The average molecular weight is 566 g/mol. The smallest absolute Gasteiger partial charge is 0.254 e. The van der Waals surface area contributed by atoms with Gasteiger partial charge in [0.15, 0.2) is 0 Å². The third kappa shape index (κ3) is 5.95. The van der Waals surface area contributed by atoms with Gasteiger partial charge in [-0.3, -0.25) is 4.98 Å². The number of anilines is 2. The Balaban J connectivity index is 1.55. The molecule has 0 saturated carbocycles. The first-order valence-electron chi connectivity index (χ1n) is 13.0. The molecular weight excluding hydrogens is 533 g/mol. The van der Waals surface area contributed by atoms with Crippen molar-refractivity contribution in [3.8, 4) is 11.1 Å². The first-order valence-corrected chi connectivity index (χ1v) is 18.2. The lowest BCUT2D eigenvalue weighted by Gasteiger charge is -2.16.